The third-order valence-electron chi connectivity index (χ3n) is 2.96. The zero-order valence-electron chi connectivity index (χ0n) is 9.40. The van der Waals surface area contributed by atoms with Crippen LogP contribution in [0, 0.1) is 12.8 Å². The van der Waals surface area contributed by atoms with Crippen molar-refractivity contribution < 1.29 is 14.0 Å². The molecule has 92 valence electrons. The van der Waals surface area contributed by atoms with Crippen molar-refractivity contribution in [3.8, 4) is 0 Å². The van der Waals surface area contributed by atoms with Crippen LogP contribution in [-0.2, 0) is 4.79 Å². The molecule has 2 heterocycles. The third-order valence-corrected chi connectivity index (χ3v) is 3.35. The van der Waals surface area contributed by atoms with E-state index in [2.05, 4.69) is 15.9 Å². The van der Waals surface area contributed by atoms with Crippen LogP contribution in [0.2, 0.25) is 0 Å². The lowest BCUT2D eigenvalue weighted by atomic mass is 10.1. The summed E-state index contributed by atoms with van der Waals surface area (Å²) in [6, 6.07) is 1.74. The molecule has 0 saturated carbocycles. The normalized spacial score (nSPS) is 19.6. The summed E-state index contributed by atoms with van der Waals surface area (Å²) in [6.45, 7) is 2.74. The Labute approximate surface area is 107 Å². The second-order valence-electron chi connectivity index (χ2n) is 4.20. The molecule has 1 aromatic heterocycles. The van der Waals surface area contributed by atoms with Crippen molar-refractivity contribution in [2.24, 2.45) is 11.7 Å². The highest BCUT2D eigenvalue weighted by Crippen LogP contribution is 2.24. The zero-order valence-corrected chi connectivity index (χ0v) is 11.0. The highest BCUT2D eigenvalue weighted by Gasteiger charge is 2.32. The summed E-state index contributed by atoms with van der Waals surface area (Å²) in [5.74, 6) is -0.450. The molecule has 0 aliphatic carbocycles. The van der Waals surface area contributed by atoms with Crippen LogP contribution in [0.5, 0.6) is 0 Å². The van der Waals surface area contributed by atoms with Gasteiger partial charge in [-0.2, -0.15) is 0 Å². The number of halogens is 1. The van der Waals surface area contributed by atoms with Crippen molar-refractivity contribution >= 4 is 27.7 Å². The van der Waals surface area contributed by atoms with Gasteiger partial charge < -0.3 is 15.1 Å². The van der Waals surface area contributed by atoms with E-state index < -0.39 is 0 Å². The van der Waals surface area contributed by atoms with Gasteiger partial charge in [-0.05, 0) is 35.3 Å². The van der Waals surface area contributed by atoms with Gasteiger partial charge in [-0.3, -0.25) is 9.59 Å². The Morgan fingerprint density at radius 2 is 2.29 bits per heavy atom. The molecule has 2 N–H and O–H groups in total. The highest BCUT2D eigenvalue weighted by atomic mass is 79.9. The number of hydrogen-bond acceptors (Lipinski definition) is 3. The number of amides is 2. The molecule has 5 nitrogen and oxygen atoms in total. The number of hydrogen-bond donors (Lipinski definition) is 1. The Morgan fingerprint density at radius 1 is 1.59 bits per heavy atom. The van der Waals surface area contributed by atoms with Crippen molar-refractivity contribution in [2.45, 2.75) is 13.3 Å². The number of aryl methyl sites for hydroxylation is 1. The number of likely N-dealkylation sites (tertiary alicyclic amines) is 1. The number of nitrogens with two attached hydrogens (primary N) is 1. The molecule has 0 aromatic carbocycles. The third kappa shape index (κ3) is 2.36. The largest absolute Gasteiger partial charge is 0.444 e. The highest BCUT2D eigenvalue weighted by molar-refractivity contribution is 9.10. The predicted octanol–water partition coefficient (Wildman–Crippen LogP) is 1.30. The SMILES string of the molecule is Cc1cc(Br)oc1C(=O)N1CC[C@H](C(N)=O)C1. The van der Waals surface area contributed by atoms with Gasteiger partial charge in [-0.15, -0.1) is 0 Å². The summed E-state index contributed by atoms with van der Waals surface area (Å²) >= 11 is 3.18. The Kier molecular flexibility index (Phi) is 3.24. The summed E-state index contributed by atoms with van der Waals surface area (Å²) in [5, 5.41) is 0. The van der Waals surface area contributed by atoms with E-state index in [1.165, 1.54) is 0 Å². The molecule has 0 bridgehead atoms. The van der Waals surface area contributed by atoms with Gasteiger partial charge in [0.2, 0.25) is 5.91 Å². The first-order valence-electron chi connectivity index (χ1n) is 5.33. The van der Waals surface area contributed by atoms with Crippen molar-refractivity contribution in [1.29, 1.82) is 0 Å². The van der Waals surface area contributed by atoms with Crippen molar-refractivity contribution in [3.05, 3.63) is 22.1 Å². The molecule has 17 heavy (non-hydrogen) atoms. The summed E-state index contributed by atoms with van der Waals surface area (Å²) < 4.78 is 5.82. The molecule has 1 fully saturated rings. The summed E-state index contributed by atoms with van der Waals surface area (Å²) in [7, 11) is 0. The van der Waals surface area contributed by atoms with Gasteiger partial charge in [0.05, 0.1) is 5.92 Å². The van der Waals surface area contributed by atoms with Crippen molar-refractivity contribution in [1.82, 2.24) is 4.90 Å². The number of primary amides is 1. The number of furan rings is 1. The molecule has 1 atom stereocenters. The van der Waals surface area contributed by atoms with Crippen LogP contribution in [0.3, 0.4) is 0 Å². The summed E-state index contributed by atoms with van der Waals surface area (Å²) in [4.78, 5) is 24.7. The molecule has 1 saturated heterocycles. The average Bonchev–Trinajstić information content (AvgIpc) is 2.84. The molecular weight excluding hydrogens is 288 g/mol. The van der Waals surface area contributed by atoms with Crippen molar-refractivity contribution in [2.75, 3.05) is 13.1 Å². The number of nitrogens with zero attached hydrogens (tertiary/aromatic N) is 1. The minimum Gasteiger partial charge on any atom is -0.444 e. The molecule has 2 amide bonds. The number of carbonyl (C=O) groups is 2. The molecule has 1 aliphatic rings. The second-order valence-corrected chi connectivity index (χ2v) is 4.98. The first-order chi connectivity index (χ1) is 7.99. The fourth-order valence-corrected chi connectivity index (χ4v) is 2.48. The van der Waals surface area contributed by atoms with E-state index in [1.807, 2.05) is 6.92 Å². The number of carbonyl (C=O) groups excluding carboxylic acids is 2. The van der Waals surface area contributed by atoms with Gasteiger partial charge in [0.1, 0.15) is 0 Å². The van der Waals surface area contributed by atoms with Gasteiger partial charge >= 0.3 is 0 Å². The monoisotopic (exact) mass is 300 g/mol. The van der Waals surface area contributed by atoms with Gasteiger partial charge in [-0.1, -0.05) is 0 Å². The molecule has 1 aromatic rings. The maximum Gasteiger partial charge on any atom is 0.289 e. The minimum atomic E-state index is -0.349. The molecule has 6 heteroatoms. The predicted molar refractivity (Wildman–Crippen MR) is 64.3 cm³/mol. The van der Waals surface area contributed by atoms with E-state index in [4.69, 9.17) is 10.2 Å². The molecule has 0 radical (unpaired) electrons. The van der Waals surface area contributed by atoms with Crippen LogP contribution in [0.25, 0.3) is 0 Å². The topological polar surface area (TPSA) is 76.5 Å². The molecule has 0 unspecified atom stereocenters. The van der Waals surface area contributed by atoms with Crippen LogP contribution >= 0.6 is 15.9 Å². The second kappa shape index (κ2) is 4.52. The quantitative estimate of drug-likeness (QED) is 0.894. The van der Waals surface area contributed by atoms with E-state index >= 15 is 0 Å². The molecule has 0 spiro atoms. The number of rotatable bonds is 2. The summed E-state index contributed by atoms with van der Waals surface area (Å²) in [5.41, 5.74) is 6.01. The first-order valence-corrected chi connectivity index (χ1v) is 6.13. The standard InChI is InChI=1S/C11H13BrN2O3/c1-6-4-8(12)17-9(6)11(16)14-3-2-7(5-14)10(13)15/h4,7H,2-3,5H2,1H3,(H2,13,15)/t7-/m0/s1. The average molecular weight is 301 g/mol. The van der Waals surface area contributed by atoms with Crippen molar-refractivity contribution in [3.63, 3.8) is 0 Å². The molecule has 2 rings (SSSR count). The molecule has 1 aliphatic heterocycles. The van der Waals surface area contributed by atoms with E-state index in [0.717, 1.165) is 5.56 Å². The fraction of sp³-hybridized carbons (Fsp3) is 0.455. The van der Waals surface area contributed by atoms with Gasteiger partial charge in [-0.25, -0.2) is 0 Å². The smallest absolute Gasteiger partial charge is 0.289 e. The lowest BCUT2D eigenvalue weighted by Gasteiger charge is -2.14. The lowest BCUT2D eigenvalue weighted by Crippen LogP contribution is -2.31. The van der Waals surface area contributed by atoms with E-state index in [-0.39, 0.29) is 17.7 Å². The van der Waals surface area contributed by atoms with E-state index in [1.54, 1.807) is 11.0 Å². The van der Waals surface area contributed by atoms with Gasteiger partial charge in [0.15, 0.2) is 10.4 Å². The Balaban J connectivity index is 2.12. The van der Waals surface area contributed by atoms with E-state index in [9.17, 15) is 9.59 Å². The lowest BCUT2D eigenvalue weighted by molar-refractivity contribution is -0.121. The van der Waals surface area contributed by atoms with E-state index in [0.29, 0.717) is 29.9 Å². The molecular formula is C11H13BrN2O3. The van der Waals surface area contributed by atoms with Crippen LogP contribution < -0.4 is 5.73 Å². The minimum absolute atomic E-state index is 0.183. The Hall–Kier alpha value is -1.30. The maximum absolute atomic E-state index is 12.1. The van der Waals surface area contributed by atoms with Crippen LogP contribution in [0.4, 0.5) is 0 Å². The Morgan fingerprint density at radius 3 is 2.76 bits per heavy atom. The van der Waals surface area contributed by atoms with Crippen LogP contribution in [0.15, 0.2) is 15.2 Å². The maximum atomic E-state index is 12.1. The Bertz CT molecular complexity index is 469. The van der Waals surface area contributed by atoms with Gasteiger partial charge in [0.25, 0.3) is 5.91 Å². The van der Waals surface area contributed by atoms with Gasteiger partial charge in [0, 0.05) is 18.7 Å². The van der Waals surface area contributed by atoms with Crippen LogP contribution in [-0.4, -0.2) is 29.8 Å². The van der Waals surface area contributed by atoms with Crippen LogP contribution in [0.1, 0.15) is 22.5 Å². The first kappa shape index (κ1) is 12.2. The zero-order chi connectivity index (χ0) is 12.6. The fourth-order valence-electron chi connectivity index (χ4n) is 1.98. The summed E-state index contributed by atoms with van der Waals surface area (Å²) in [6.07, 6.45) is 0.627.